The first-order valence-electron chi connectivity index (χ1n) is 6.43. The average molecular weight is 285 g/mol. The lowest BCUT2D eigenvalue weighted by Gasteiger charge is -2.15. The zero-order valence-electron chi connectivity index (χ0n) is 10.6. The molecule has 104 valence electrons. The molecule has 0 radical (unpaired) electrons. The number of aliphatic carboxylic acids is 1. The largest absolute Gasteiger partial charge is 0.493 e. The molecule has 0 aromatic heterocycles. The molecule has 1 aromatic rings. The van der Waals surface area contributed by atoms with Gasteiger partial charge in [-0.15, -0.1) is 0 Å². The third-order valence-corrected chi connectivity index (χ3v) is 3.47. The normalized spacial score (nSPS) is 14.8. The molecule has 2 N–H and O–H groups in total. The lowest BCUT2D eigenvalue weighted by molar-refractivity contribution is -0.137. The van der Waals surface area contributed by atoms with Gasteiger partial charge < -0.3 is 14.9 Å². The van der Waals surface area contributed by atoms with Crippen molar-refractivity contribution in [1.82, 2.24) is 0 Å². The summed E-state index contributed by atoms with van der Waals surface area (Å²) >= 11 is 6.03. The van der Waals surface area contributed by atoms with Gasteiger partial charge in [-0.05, 0) is 37.0 Å². The number of unbranched alkanes of at least 4 members (excludes halogenated alkanes) is 1. The number of benzene rings is 1. The van der Waals surface area contributed by atoms with E-state index in [1.807, 2.05) is 6.07 Å². The lowest BCUT2D eigenvalue weighted by atomic mass is 9.99. The predicted molar refractivity (Wildman–Crippen MR) is 71.7 cm³/mol. The van der Waals surface area contributed by atoms with E-state index in [1.165, 1.54) is 0 Å². The van der Waals surface area contributed by atoms with E-state index in [2.05, 4.69) is 0 Å². The minimum atomic E-state index is -0.804. The molecule has 0 saturated heterocycles. The quantitative estimate of drug-likeness (QED) is 0.788. The molecule has 0 aliphatic carbocycles. The standard InChI is InChI=1S/C14H17ClO4/c15-10-7-9-5-6-19-14(9)11(8-10)12(16)3-1-2-4-13(17)18/h7-8,12,16H,1-6H2,(H,17,18). The van der Waals surface area contributed by atoms with Gasteiger partial charge in [-0.1, -0.05) is 11.6 Å². The highest BCUT2D eigenvalue weighted by Gasteiger charge is 2.21. The van der Waals surface area contributed by atoms with Crippen molar-refractivity contribution in [2.75, 3.05) is 6.61 Å². The summed E-state index contributed by atoms with van der Waals surface area (Å²) in [5.74, 6) is -0.0587. The molecule has 0 amide bonds. The van der Waals surface area contributed by atoms with Gasteiger partial charge >= 0.3 is 5.97 Å². The predicted octanol–water partition coefficient (Wildman–Crippen LogP) is 2.95. The molecular weight excluding hydrogens is 268 g/mol. The number of halogens is 1. The van der Waals surface area contributed by atoms with Crippen LogP contribution in [0.2, 0.25) is 5.02 Å². The molecule has 0 bridgehead atoms. The maximum atomic E-state index is 10.4. The topological polar surface area (TPSA) is 66.8 Å². The van der Waals surface area contributed by atoms with Gasteiger partial charge in [0.2, 0.25) is 0 Å². The molecule has 4 nitrogen and oxygen atoms in total. The first-order valence-corrected chi connectivity index (χ1v) is 6.80. The van der Waals surface area contributed by atoms with Crippen molar-refractivity contribution >= 4 is 17.6 Å². The lowest BCUT2D eigenvalue weighted by Crippen LogP contribution is -2.02. The molecule has 19 heavy (non-hydrogen) atoms. The summed E-state index contributed by atoms with van der Waals surface area (Å²) in [6.45, 7) is 0.619. The van der Waals surface area contributed by atoms with Gasteiger partial charge in [0.1, 0.15) is 5.75 Å². The van der Waals surface area contributed by atoms with Gasteiger partial charge in [0, 0.05) is 23.4 Å². The molecule has 2 rings (SSSR count). The van der Waals surface area contributed by atoms with Crippen LogP contribution < -0.4 is 4.74 Å². The number of carboxylic acid groups (broad SMARTS) is 1. The summed E-state index contributed by atoms with van der Waals surface area (Å²) in [6.07, 6.45) is 2.04. The molecule has 1 aliphatic rings. The Labute approximate surface area is 117 Å². The Morgan fingerprint density at radius 1 is 1.42 bits per heavy atom. The Balaban J connectivity index is 1.99. The van der Waals surface area contributed by atoms with Crippen molar-refractivity contribution in [3.8, 4) is 5.75 Å². The molecule has 1 unspecified atom stereocenters. The number of hydrogen-bond acceptors (Lipinski definition) is 3. The fraction of sp³-hybridized carbons (Fsp3) is 0.500. The van der Waals surface area contributed by atoms with Crippen LogP contribution in [0.4, 0.5) is 0 Å². The molecule has 0 fully saturated rings. The van der Waals surface area contributed by atoms with Crippen LogP contribution in [0, 0.1) is 0 Å². The average Bonchev–Trinajstić information content (AvgIpc) is 2.80. The third-order valence-electron chi connectivity index (χ3n) is 3.25. The summed E-state index contributed by atoms with van der Waals surface area (Å²) in [5.41, 5.74) is 1.75. The number of fused-ring (bicyclic) bond motifs is 1. The van der Waals surface area contributed by atoms with Gasteiger partial charge in [0.25, 0.3) is 0 Å². The van der Waals surface area contributed by atoms with E-state index in [0.717, 1.165) is 23.3 Å². The van der Waals surface area contributed by atoms with Gasteiger partial charge in [0.05, 0.1) is 12.7 Å². The van der Waals surface area contributed by atoms with E-state index in [4.69, 9.17) is 21.4 Å². The fourth-order valence-electron chi connectivity index (χ4n) is 2.31. The van der Waals surface area contributed by atoms with Crippen LogP contribution in [0.5, 0.6) is 5.75 Å². The van der Waals surface area contributed by atoms with Crippen molar-refractivity contribution < 1.29 is 19.7 Å². The fourth-order valence-corrected chi connectivity index (χ4v) is 2.56. The van der Waals surface area contributed by atoms with Crippen LogP contribution in [-0.2, 0) is 11.2 Å². The Kier molecular flexibility index (Phi) is 4.66. The maximum absolute atomic E-state index is 10.4. The number of rotatable bonds is 6. The number of hydrogen-bond donors (Lipinski definition) is 2. The van der Waals surface area contributed by atoms with Gasteiger partial charge in [0.15, 0.2) is 0 Å². The van der Waals surface area contributed by atoms with Crippen LogP contribution in [0.15, 0.2) is 12.1 Å². The molecule has 1 heterocycles. The summed E-state index contributed by atoms with van der Waals surface area (Å²) in [6, 6.07) is 3.60. The molecule has 1 aliphatic heterocycles. The summed E-state index contributed by atoms with van der Waals surface area (Å²) in [4.78, 5) is 10.4. The number of aliphatic hydroxyl groups excluding tert-OH is 1. The third kappa shape index (κ3) is 3.61. The Hall–Kier alpha value is -1.26. The highest BCUT2D eigenvalue weighted by Crippen LogP contribution is 2.37. The van der Waals surface area contributed by atoms with Crippen molar-refractivity contribution in [3.63, 3.8) is 0 Å². The Morgan fingerprint density at radius 3 is 2.95 bits per heavy atom. The van der Waals surface area contributed by atoms with E-state index >= 15 is 0 Å². The minimum absolute atomic E-state index is 0.136. The molecule has 5 heteroatoms. The second-order valence-electron chi connectivity index (χ2n) is 4.74. The highest BCUT2D eigenvalue weighted by molar-refractivity contribution is 6.30. The van der Waals surface area contributed by atoms with Crippen molar-refractivity contribution in [1.29, 1.82) is 0 Å². The zero-order chi connectivity index (χ0) is 13.8. The van der Waals surface area contributed by atoms with Crippen LogP contribution in [0.3, 0.4) is 0 Å². The van der Waals surface area contributed by atoms with E-state index in [1.54, 1.807) is 6.07 Å². The van der Waals surface area contributed by atoms with Crippen molar-refractivity contribution in [3.05, 3.63) is 28.3 Å². The summed E-state index contributed by atoms with van der Waals surface area (Å²) in [5, 5.41) is 19.3. The maximum Gasteiger partial charge on any atom is 0.303 e. The van der Waals surface area contributed by atoms with Crippen molar-refractivity contribution in [2.45, 2.75) is 38.2 Å². The molecular formula is C14H17ClO4. The first kappa shape index (κ1) is 14.2. The zero-order valence-corrected chi connectivity index (χ0v) is 11.3. The van der Waals surface area contributed by atoms with Crippen LogP contribution in [0.1, 0.15) is 42.9 Å². The van der Waals surface area contributed by atoms with Crippen LogP contribution in [-0.4, -0.2) is 22.8 Å². The van der Waals surface area contributed by atoms with Crippen LogP contribution in [0.25, 0.3) is 0 Å². The number of ether oxygens (including phenoxy) is 1. The van der Waals surface area contributed by atoms with Crippen molar-refractivity contribution in [2.24, 2.45) is 0 Å². The second kappa shape index (κ2) is 6.26. The number of aliphatic hydroxyl groups is 1. The summed E-state index contributed by atoms with van der Waals surface area (Å²) in [7, 11) is 0. The number of carbonyl (C=O) groups is 1. The minimum Gasteiger partial charge on any atom is -0.493 e. The van der Waals surface area contributed by atoms with E-state index in [9.17, 15) is 9.90 Å². The molecule has 1 aromatic carbocycles. The van der Waals surface area contributed by atoms with E-state index < -0.39 is 12.1 Å². The first-order chi connectivity index (χ1) is 9.08. The molecule has 0 spiro atoms. The van der Waals surface area contributed by atoms with E-state index in [0.29, 0.717) is 30.9 Å². The second-order valence-corrected chi connectivity index (χ2v) is 5.17. The summed E-state index contributed by atoms with van der Waals surface area (Å²) < 4.78 is 5.54. The highest BCUT2D eigenvalue weighted by atomic mass is 35.5. The molecule has 0 saturated carbocycles. The monoisotopic (exact) mass is 284 g/mol. The van der Waals surface area contributed by atoms with Gasteiger partial charge in [-0.3, -0.25) is 4.79 Å². The van der Waals surface area contributed by atoms with Crippen LogP contribution >= 0.6 is 11.6 Å². The van der Waals surface area contributed by atoms with Gasteiger partial charge in [-0.2, -0.15) is 0 Å². The Bertz CT molecular complexity index is 473. The number of carboxylic acids is 1. The van der Waals surface area contributed by atoms with E-state index in [-0.39, 0.29) is 6.42 Å². The SMILES string of the molecule is O=C(O)CCCCC(O)c1cc(Cl)cc2c1OCC2. The smallest absolute Gasteiger partial charge is 0.303 e. The molecule has 1 atom stereocenters. The Morgan fingerprint density at radius 2 is 2.21 bits per heavy atom. The van der Waals surface area contributed by atoms with Gasteiger partial charge in [-0.25, -0.2) is 0 Å².